The molecule has 18 nitrogen and oxygen atoms in total. The summed E-state index contributed by atoms with van der Waals surface area (Å²) in [4.78, 5) is 13.5. The topological polar surface area (TPSA) is 299 Å². The Morgan fingerprint density at radius 2 is 1.37 bits per heavy atom. The standard InChI is InChI=1S/C31H36O18/c32-7-18-23(39)25(41)29(49-31-27(43)22(38)14(36)9-45-31)28(47-18)20-17(48-30-26(42)21(37)13(35)8-44-30)6-16-19(24(20)40)12(34)5-15(46-16)10-1-3-11(33)4-2-10/h1-6,13-14,18,21-23,25-33,35-43H,7-9H2/t13-,14+,18-,21+,22+,23-,25+,26-,27-,28+,29-,30+,31+/m1/s1. The Balaban J connectivity index is 1.51. The average molecular weight is 697 g/mol. The molecular weight excluding hydrogens is 660 g/mol. The number of ether oxygens (including phenoxy) is 5. The Hall–Kier alpha value is -3.47. The molecule has 0 radical (unpaired) electrons. The van der Waals surface area contributed by atoms with Crippen molar-refractivity contribution in [1.29, 1.82) is 0 Å². The maximum Gasteiger partial charge on any atom is 0.228 e. The quantitative estimate of drug-likeness (QED) is 0.115. The molecule has 3 aliphatic rings. The van der Waals surface area contributed by atoms with Crippen LogP contribution in [0.15, 0.2) is 45.6 Å². The molecule has 0 saturated carbocycles. The van der Waals surface area contributed by atoms with Gasteiger partial charge in [-0.2, -0.15) is 0 Å². The molecule has 2 aromatic carbocycles. The van der Waals surface area contributed by atoms with Crippen LogP contribution in [-0.4, -0.2) is 150 Å². The molecule has 49 heavy (non-hydrogen) atoms. The number of aromatic hydroxyl groups is 2. The molecule has 13 atom stereocenters. The van der Waals surface area contributed by atoms with E-state index in [1.807, 2.05) is 0 Å². The molecule has 4 heterocycles. The number of aliphatic hydroxyl groups is 9. The third-order valence-corrected chi connectivity index (χ3v) is 8.74. The van der Waals surface area contributed by atoms with Gasteiger partial charge in [0, 0.05) is 17.7 Å². The molecule has 18 heteroatoms. The lowest BCUT2D eigenvalue weighted by Crippen LogP contribution is -2.60. The summed E-state index contributed by atoms with van der Waals surface area (Å²) in [6.45, 7) is -1.87. The van der Waals surface area contributed by atoms with Crippen LogP contribution in [0.1, 0.15) is 11.7 Å². The first-order valence-electron chi connectivity index (χ1n) is 15.2. The number of aliphatic hydroxyl groups excluding tert-OH is 9. The lowest BCUT2D eigenvalue weighted by atomic mass is 9.89. The van der Waals surface area contributed by atoms with Gasteiger partial charge in [-0.3, -0.25) is 4.79 Å². The van der Waals surface area contributed by atoms with Crippen molar-refractivity contribution in [3.8, 4) is 28.6 Å². The minimum absolute atomic E-state index is 0.00120. The summed E-state index contributed by atoms with van der Waals surface area (Å²) < 4.78 is 34.2. The third kappa shape index (κ3) is 6.59. The number of fused-ring (bicyclic) bond motifs is 1. The summed E-state index contributed by atoms with van der Waals surface area (Å²) in [6, 6.07) is 7.76. The smallest absolute Gasteiger partial charge is 0.228 e. The van der Waals surface area contributed by atoms with Crippen molar-refractivity contribution in [3.05, 3.63) is 52.2 Å². The molecule has 3 aromatic rings. The average Bonchev–Trinajstić information content (AvgIpc) is 3.07. The van der Waals surface area contributed by atoms with Gasteiger partial charge in [0.1, 0.15) is 101 Å². The van der Waals surface area contributed by atoms with Crippen LogP contribution >= 0.6 is 0 Å². The lowest BCUT2D eigenvalue weighted by molar-refractivity contribution is -0.325. The molecule has 0 amide bonds. The third-order valence-electron chi connectivity index (χ3n) is 8.74. The second kappa shape index (κ2) is 14.0. The van der Waals surface area contributed by atoms with Crippen LogP contribution in [0.4, 0.5) is 0 Å². The monoisotopic (exact) mass is 696 g/mol. The molecule has 0 spiro atoms. The van der Waals surface area contributed by atoms with Gasteiger partial charge in [0.2, 0.25) is 6.29 Å². The number of hydrogen-bond donors (Lipinski definition) is 11. The summed E-state index contributed by atoms with van der Waals surface area (Å²) in [5.41, 5.74) is -1.20. The first kappa shape index (κ1) is 35.4. The fourth-order valence-corrected chi connectivity index (χ4v) is 5.97. The first-order chi connectivity index (χ1) is 23.3. The van der Waals surface area contributed by atoms with E-state index in [4.69, 9.17) is 28.1 Å². The van der Waals surface area contributed by atoms with Gasteiger partial charge in [0.15, 0.2) is 11.7 Å². The largest absolute Gasteiger partial charge is 0.508 e. The van der Waals surface area contributed by atoms with Crippen molar-refractivity contribution < 1.29 is 84.3 Å². The van der Waals surface area contributed by atoms with Gasteiger partial charge < -0.3 is 84.3 Å². The van der Waals surface area contributed by atoms with E-state index in [9.17, 15) is 61.0 Å². The summed E-state index contributed by atoms with van der Waals surface area (Å²) >= 11 is 0. The van der Waals surface area contributed by atoms with Crippen LogP contribution in [0.3, 0.4) is 0 Å². The fraction of sp³-hybridized carbons (Fsp3) is 0.516. The van der Waals surface area contributed by atoms with Crippen molar-refractivity contribution >= 4 is 11.0 Å². The molecule has 3 fully saturated rings. The molecule has 1 aromatic heterocycles. The first-order valence-corrected chi connectivity index (χ1v) is 15.2. The predicted molar refractivity (Wildman–Crippen MR) is 159 cm³/mol. The summed E-state index contributed by atoms with van der Waals surface area (Å²) in [7, 11) is 0. The van der Waals surface area contributed by atoms with Gasteiger partial charge in [-0.15, -0.1) is 0 Å². The molecule has 268 valence electrons. The molecule has 11 N–H and O–H groups in total. The molecule has 3 saturated heterocycles. The van der Waals surface area contributed by atoms with E-state index in [2.05, 4.69) is 0 Å². The van der Waals surface area contributed by atoms with E-state index in [1.54, 1.807) is 0 Å². The van der Waals surface area contributed by atoms with Crippen LogP contribution in [0.5, 0.6) is 17.2 Å². The highest BCUT2D eigenvalue weighted by Crippen LogP contribution is 2.47. The molecular formula is C31H36O18. The lowest BCUT2D eigenvalue weighted by Gasteiger charge is -2.45. The Morgan fingerprint density at radius 3 is 2.00 bits per heavy atom. The summed E-state index contributed by atoms with van der Waals surface area (Å²) in [5, 5.41) is 114. The SMILES string of the molecule is O=c1cc(-c2ccc(O)cc2)oc2cc(O[C@@H]3OC[C@@H](O)[C@H](O)[C@H]3O)c([C@@H]3O[C@H](CO)[C@@H](O)[C@H](O)[C@H]3O[C@@H]3OC[C@H](O)[C@H](O)[C@H]3O)c(O)c12. The highest BCUT2D eigenvalue weighted by atomic mass is 16.7. The summed E-state index contributed by atoms with van der Waals surface area (Å²) in [6.07, 6.45) is -22.6. The van der Waals surface area contributed by atoms with E-state index in [-0.39, 0.29) is 17.1 Å². The Kier molecular flexibility index (Phi) is 10.1. The van der Waals surface area contributed by atoms with E-state index in [0.29, 0.717) is 5.56 Å². The van der Waals surface area contributed by atoms with Crippen molar-refractivity contribution in [2.24, 2.45) is 0 Å². The maximum atomic E-state index is 13.5. The van der Waals surface area contributed by atoms with Crippen molar-refractivity contribution in [2.45, 2.75) is 79.7 Å². The van der Waals surface area contributed by atoms with Crippen molar-refractivity contribution in [2.75, 3.05) is 19.8 Å². The number of phenolic OH excluding ortho intramolecular Hbond substituents is 2. The minimum atomic E-state index is -1.96. The van der Waals surface area contributed by atoms with Crippen molar-refractivity contribution in [3.63, 3.8) is 0 Å². The highest BCUT2D eigenvalue weighted by molar-refractivity contribution is 5.88. The fourth-order valence-electron chi connectivity index (χ4n) is 5.97. The molecule has 0 unspecified atom stereocenters. The zero-order valence-electron chi connectivity index (χ0n) is 25.4. The number of phenols is 2. The van der Waals surface area contributed by atoms with Gasteiger partial charge in [0.25, 0.3) is 0 Å². The normalized spacial score (nSPS) is 36.9. The van der Waals surface area contributed by atoms with Gasteiger partial charge in [0.05, 0.1) is 25.4 Å². The van der Waals surface area contributed by atoms with Gasteiger partial charge in [-0.25, -0.2) is 0 Å². The van der Waals surface area contributed by atoms with Crippen LogP contribution in [0, 0.1) is 0 Å². The van der Waals surface area contributed by atoms with Gasteiger partial charge >= 0.3 is 0 Å². The predicted octanol–water partition coefficient (Wildman–Crippen LogP) is -3.33. The Morgan fingerprint density at radius 1 is 0.755 bits per heavy atom. The van der Waals surface area contributed by atoms with E-state index in [0.717, 1.165) is 12.1 Å². The van der Waals surface area contributed by atoms with Crippen molar-refractivity contribution in [1.82, 2.24) is 0 Å². The number of benzene rings is 2. The van der Waals surface area contributed by atoms with Crippen LogP contribution < -0.4 is 10.2 Å². The van der Waals surface area contributed by atoms with E-state index >= 15 is 0 Å². The molecule has 6 rings (SSSR count). The molecule has 3 aliphatic heterocycles. The zero-order chi connectivity index (χ0) is 35.3. The number of rotatable bonds is 7. The van der Waals surface area contributed by atoms with Gasteiger partial charge in [-0.1, -0.05) is 0 Å². The number of hydrogen-bond acceptors (Lipinski definition) is 18. The zero-order valence-corrected chi connectivity index (χ0v) is 25.4. The van der Waals surface area contributed by atoms with E-state index < -0.39 is 127 Å². The van der Waals surface area contributed by atoms with E-state index in [1.165, 1.54) is 24.3 Å². The second-order valence-electron chi connectivity index (χ2n) is 12.0. The van der Waals surface area contributed by atoms with Crippen LogP contribution in [-0.2, 0) is 18.9 Å². The maximum absolute atomic E-state index is 13.5. The van der Waals surface area contributed by atoms with Crippen LogP contribution in [0.2, 0.25) is 0 Å². The Labute approximate surface area is 275 Å². The molecule has 0 bridgehead atoms. The second-order valence-corrected chi connectivity index (χ2v) is 12.0. The van der Waals surface area contributed by atoms with Gasteiger partial charge in [-0.05, 0) is 24.3 Å². The Bertz CT molecular complexity index is 1680. The minimum Gasteiger partial charge on any atom is -0.508 e. The summed E-state index contributed by atoms with van der Waals surface area (Å²) in [5.74, 6) is -1.38. The highest BCUT2D eigenvalue weighted by Gasteiger charge is 2.51. The molecule has 0 aliphatic carbocycles. The van der Waals surface area contributed by atoms with Crippen LogP contribution in [0.25, 0.3) is 22.3 Å².